The minimum Gasteiger partial charge on any atom is -0.497 e. The molecular formula is C17H19NO4S2. The van der Waals surface area contributed by atoms with Gasteiger partial charge in [-0.2, -0.15) is 0 Å². The van der Waals surface area contributed by atoms with Crippen molar-refractivity contribution in [3.8, 4) is 5.75 Å². The second kappa shape index (κ2) is 8.21. The molecule has 1 amide bonds. The number of hydrogen-bond donors (Lipinski definition) is 1. The predicted octanol–water partition coefficient (Wildman–Crippen LogP) is 3.22. The first-order chi connectivity index (χ1) is 11.4. The van der Waals surface area contributed by atoms with Gasteiger partial charge in [0.25, 0.3) is 0 Å². The molecule has 0 aromatic heterocycles. The van der Waals surface area contributed by atoms with Crippen LogP contribution in [0.4, 0.5) is 5.69 Å². The lowest BCUT2D eigenvalue weighted by Crippen LogP contribution is -2.12. The Bertz CT molecular complexity index is 784. The summed E-state index contributed by atoms with van der Waals surface area (Å²) in [6.07, 6.45) is 1.52. The second-order valence-corrected chi connectivity index (χ2v) is 8.30. The van der Waals surface area contributed by atoms with Crippen molar-refractivity contribution in [2.45, 2.75) is 16.2 Å². The molecule has 0 saturated heterocycles. The highest BCUT2D eigenvalue weighted by molar-refractivity contribution is 7.99. The largest absolute Gasteiger partial charge is 0.497 e. The number of thioether (sulfide) groups is 1. The maximum Gasteiger partial charge on any atom is 0.225 e. The van der Waals surface area contributed by atoms with E-state index in [4.69, 9.17) is 4.74 Å². The molecule has 7 heteroatoms. The van der Waals surface area contributed by atoms with Crippen molar-refractivity contribution in [2.24, 2.45) is 0 Å². The molecule has 1 N–H and O–H groups in total. The van der Waals surface area contributed by atoms with Gasteiger partial charge in [-0.3, -0.25) is 4.79 Å². The molecule has 0 aliphatic carbocycles. The number of methoxy groups -OCH3 is 1. The summed E-state index contributed by atoms with van der Waals surface area (Å²) >= 11 is 1.59. The lowest BCUT2D eigenvalue weighted by molar-refractivity contribution is -0.115. The van der Waals surface area contributed by atoms with Crippen molar-refractivity contribution in [1.29, 1.82) is 0 Å². The van der Waals surface area contributed by atoms with Crippen molar-refractivity contribution in [1.82, 2.24) is 0 Å². The Balaban J connectivity index is 1.80. The number of hydrogen-bond acceptors (Lipinski definition) is 5. The van der Waals surface area contributed by atoms with Crippen LogP contribution in [-0.4, -0.2) is 33.4 Å². The van der Waals surface area contributed by atoms with Crippen LogP contribution in [0.25, 0.3) is 0 Å². The molecule has 2 rings (SSSR count). The Morgan fingerprint density at radius 1 is 1.08 bits per heavy atom. The lowest BCUT2D eigenvalue weighted by Gasteiger charge is -2.06. The fourth-order valence-corrected chi connectivity index (χ4v) is 3.42. The highest BCUT2D eigenvalue weighted by Crippen LogP contribution is 2.22. The lowest BCUT2D eigenvalue weighted by atomic mass is 10.3. The molecule has 0 radical (unpaired) electrons. The minimum atomic E-state index is -3.22. The van der Waals surface area contributed by atoms with Gasteiger partial charge in [-0.15, -0.1) is 11.8 Å². The van der Waals surface area contributed by atoms with Gasteiger partial charge in [0, 0.05) is 29.0 Å². The smallest absolute Gasteiger partial charge is 0.225 e. The molecule has 0 saturated carbocycles. The Morgan fingerprint density at radius 3 is 2.25 bits per heavy atom. The molecule has 0 aliphatic heterocycles. The van der Waals surface area contributed by atoms with E-state index in [1.165, 1.54) is 12.1 Å². The van der Waals surface area contributed by atoms with Gasteiger partial charge in [0.15, 0.2) is 9.84 Å². The third kappa shape index (κ3) is 5.58. The molecule has 128 valence electrons. The van der Waals surface area contributed by atoms with Crippen molar-refractivity contribution >= 4 is 33.2 Å². The molecule has 0 fully saturated rings. The summed E-state index contributed by atoms with van der Waals surface area (Å²) in [5.41, 5.74) is 0.585. The third-order valence-corrected chi connectivity index (χ3v) is 5.37. The topological polar surface area (TPSA) is 72.5 Å². The third-order valence-electron chi connectivity index (χ3n) is 3.22. The number of nitrogens with one attached hydrogen (secondary N) is 1. The van der Waals surface area contributed by atoms with Crippen LogP contribution in [0.3, 0.4) is 0 Å². The minimum absolute atomic E-state index is 0.108. The number of sulfone groups is 1. The number of rotatable bonds is 7. The summed E-state index contributed by atoms with van der Waals surface area (Å²) in [6, 6.07) is 13.8. The van der Waals surface area contributed by atoms with E-state index >= 15 is 0 Å². The number of anilines is 1. The Hall–Kier alpha value is -1.99. The van der Waals surface area contributed by atoms with E-state index in [2.05, 4.69) is 5.32 Å². The highest BCUT2D eigenvalue weighted by atomic mass is 32.2. The van der Waals surface area contributed by atoms with Crippen LogP contribution in [-0.2, 0) is 14.6 Å². The van der Waals surface area contributed by atoms with E-state index in [0.29, 0.717) is 17.9 Å². The molecule has 2 aromatic carbocycles. The Labute approximate surface area is 146 Å². The van der Waals surface area contributed by atoms with E-state index in [1.54, 1.807) is 31.0 Å². The fraction of sp³-hybridized carbons (Fsp3) is 0.235. The van der Waals surface area contributed by atoms with Crippen LogP contribution >= 0.6 is 11.8 Å². The number of amides is 1. The van der Waals surface area contributed by atoms with Crippen molar-refractivity contribution < 1.29 is 17.9 Å². The van der Waals surface area contributed by atoms with Gasteiger partial charge in [0.05, 0.1) is 12.0 Å². The zero-order valence-electron chi connectivity index (χ0n) is 13.5. The molecule has 0 aliphatic rings. The Morgan fingerprint density at radius 2 is 1.71 bits per heavy atom. The highest BCUT2D eigenvalue weighted by Gasteiger charge is 2.07. The number of benzene rings is 2. The van der Waals surface area contributed by atoms with Gasteiger partial charge in [-0.1, -0.05) is 0 Å². The fourth-order valence-electron chi connectivity index (χ4n) is 1.94. The van der Waals surface area contributed by atoms with E-state index in [-0.39, 0.29) is 10.8 Å². The van der Waals surface area contributed by atoms with Crippen molar-refractivity contribution in [2.75, 3.05) is 24.4 Å². The molecular weight excluding hydrogens is 346 g/mol. The second-order valence-electron chi connectivity index (χ2n) is 5.12. The molecule has 5 nitrogen and oxygen atoms in total. The van der Waals surface area contributed by atoms with Crippen LogP contribution < -0.4 is 10.1 Å². The number of carbonyl (C=O) groups excluding carboxylic acids is 1. The first-order valence-corrected chi connectivity index (χ1v) is 10.1. The number of carbonyl (C=O) groups is 1. The Kier molecular flexibility index (Phi) is 6.28. The first kappa shape index (κ1) is 18.4. The summed E-state index contributed by atoms with van der Waals surface area (Å²) in [4.78, 5) is 13.2. The van der Waals surface area contributed by atoms with E-state index in [1.807, 2.05) is 24.3 Å². The van der Waals surface area contributed by atoms with E-state index in [9.17, 15) is 13.2 Å². The number of ether oxygens (including phenoxy) is 1. The van der Waals surface area contributed by atoms with Crippen molar-refractivity contribution in [3.63, 3.8) is 0 Å². The molecule has 0 unspecified atom stereocenters. The summed E-state index contributed by atoms with van der Waals surface area (Å²) in [7, 11) is -1.60. The van der Waals surface area contributed by atoms with Crippen LogP contribution in [0.1, 0.15) is 6.42 Å². The molecule has 2 aromatic rings. The van der Waals surface area contributed by atoms with Gasteiger partial charge in [-0.05, 0) is 48.5 Å². The van der Waals surface area contributed by atoms with E-state index < -0.39 is 9.84 Å². The standard InChI is InChI=1S/C17H19NO4S2/c1-22-14-5-7-15(8-6-14)23-12-11-17(19)18-13-3-9-16(10-4-13)24(2,20)21/h3-10H,11-12H2,1-2H3,(H,18,19). The molecule has 0 atom stereocenters. The summed E-state index contributed by atoms with van der Waals surface area (Å²) in [6.45, 7) is 0. The zero-order chi connectivity index (χ0) is 17.6. The van der Waals surface area contributed by atoms with E-state index in [0.717, 1.165) is 16.9 Å². The van der Waals surface area contributed by atoms with Crippen LogP contribution in [0.5, 0.6) is 5.75 Å². The van der Waals surface area contributed by atoms with Gasteiger partial charge in [0.2, 0.25) is 5.91 Å². The predicted molar refractivity (Wildman–Crippen MR) is 96.5 cm³/mol. The average molecular weight is 365 g/mol. The normalized spacial score (nSPS) is 11.1. The van der Waals surface area contributed by atoms with Gasteiger partial charge >= 0.3 is 0 Å². The van der Waals surface area contributed by atoms with Crippen LogP contribution in [0, 0.1) is 0 Å². The molecule has 0 spiro atoms. The monoisotopic (exact) mass is 365 g/mol. The van der Waals surface area contributed by atoms with Gasteiger partial charge < -0.3 is 10.1 Å². The summed E-state index contributed by atoms with van der Waals surface area (Å²) < 4.78 is 27.9. The first-order valence-electron chi connectivity index (χ1n) is 7.25. The quantitative estimate of drug-likeness (QED) is 0.763. The SMILES string of the molecule is COc1ccc(SCCC(=O)Nc2ccc(S(C)(=O)=O)cc2)cc1. The summed E-state index contributed by atoms with van der Waals surface area (Å²) in [5.74, 6) is 1.34. The van der Waals surface area contributed by atoms with Gasteiger partial charge in [-0.25, -0.2) is 8.42 Å². The van der Waals surface area contributed by atoms with Crippen LogP contribution in [0.15, 0.2) is 58.3 Å². The molecule has 0 bridgehead atoms. The summed E-state index contributed by atoms with van der Waals surface area (Å²) in [5, 5.41) is 2.76. The van der Waals surface area contributed by atoms with Gasteiger partial charge in [0.1, 0.15) is 5.75 Å². The zero-order valence-corrected chi connectivity index (χ0v) is 15.1. The maximum atomic E-state index is 11.9. The van der Waals surface area contributed by atoms with Crippen molar-refractivity contribution in [3.05, 3.63) is 48.5 Å². The maximum absolute atomic E-state index is 11.9. The molecule has 0 heterocycles. The molecule has 24 heavy (non-hydrogen) atoms. The van der Waals surface area contributed by atoms with Crippen LogP contribution in [0.2, 0.25) is 0 Å². The average Bonchev–Trinajstić information content (AvgIpc) is 2.55.